The zero-order valence-electron chi connectivity index (χ0n) is 12.5. The Morgan fingerprint density at radius 3 is 2.62 bits per heavy atom. The minimum Gasteiger partial charge on any atom is -0.494 e. The summed E-state index contributed by atoms with van der Waals surface area (Å²) in [5, 5.41) is 0. The number of fused-ring (bicyclic) bond motifs is 1. The predicted molar refractivity (Wildman–Crippen MR) is 85.7 cm³/mol. The molecular formula is C17H19N3O. The first kappa shape index (κ1) is 13.5. The molecule has 2 N–H and O–H groups in total. The number of aryl methyl sites for hydroxylation is 1. The van der Waals surface area contributed by atoms with Gasteiger partial charge in [-0.15, -0.1) is 0 Å². The molecule has 1 aromatic heterocycles. The second-order valence-electron chi connectivity index (χ2n) is 5.20. The van der Waals surface area contributed by atoms with Crippen molar-refractivity contribution in [2.24, 2.45) is 0 Å². The van der Waals surface area contributed by atoms with Crippen molar-refractivity contribution < 1.29 is 4.74 Å². The molecule has 4 nitrogen and oxygen atoms in total. The first-order valence-corrected chi connectivity index (χ1v) is 6.99. The van der Waals surface area contributed by atoms with Gasteiger partial charge in [0.2, 0.25) is 5.95 Å². The zero-order chi connectivity index (χ0) is 15.0. The maximum absolute atomic E-state index is 6.16. The molecule has 108 valence electrons. The molecule has 1 unspecified atom stereocenters. The van der Waals surface area contributed by atoms with E-state index in [1.165, 1.54) is 11.1 Å². The van der Waals surface area contributed by atoms with Crippen molar-refractivity contribution in [3.05, 3.63) is 53.6 Å². The highest BCUT2D eigenvalue weighted by Crippen LogP contribution is 2.32. The number of nitrogen functional groups attached to an aromatic ring is 1. The third kappa shape index (κ3) is 2.13. The Balaban J connectivity index is 2.21. The molecule has 0 fully saturated rings. The van der Waals surface area contributed by atoms with Crippen molar-refractivity contribution in [3.8, 4) is 5.75 Å². The molecule has 0 saturated carbocycles. The number of nitrogens with two attached hydrogens (primary N) is 1. The van der Waals surface area contributed by atoms with Gasteiger partial charge in [-0.25, -0.2) is 4.98 Å². The number of methoxy groups -OCH3 is 1. The van der Waals surface area contributed by atoms with E-state index in [2.05, 4.69) is 41.6 Å². The average molecular weight is 281 g/mol. The molecule has 3 rings (SSSR count). The third-order valence-corrected chi connectivity index (χ3v) is 3.96. The highest BCUT2D eigenvalue weighted by molar-refractivity contribution is 5.84. The lowest BCUT2D eigenvalue weighted by Crippen LogP contribution is -2.11. The Kier molecular flexibility index (Phi) is 3.29. The molecule has 0 saturated heterocycles. The number of nitrogens with zero attached hydrogens (tertiary/aromatic N) is 2. The number of anilines is 1. The Labute approximate surface area is 124 Å². The zero-order valence-corrected chi connectivity index (χ0v) is 12.5. The molecule has 1 atom stereocenters. The fourth-order valence-corrected chi connectivity index (χ4v) is 2.88. The molecule has 1 heterocycles. The van der Waals surface area contributed by atoms with Crippen molar-refractivity contribution in [1.29, 1.82) is 0 Å². The van der Waals surface area contributed by atoms with Crippen LogP contribution in [0.3, 0.4) is 0 Å². The van der Waals surface area contributed by atoms with Crippen LogP contribution in [0.15, 0.2) is 42.5 Å². The molecule has 21 heavy (non-hydrogen) atoms. The van der Waals surface area contributed by atoms with Crippen molar-refractivity contribution in [2.75, 3.05) is 12.8 Å². The second kappa shape index (κ2) is 5.13. The number of rotatable bonds is 3. The predicted octanol–water partition coefficient (Wildman–Crippen LogP) is 3.54. The van der Waals surface area contributed by atoms with Gasteiger partial charge < -0.3 is 15.0 Å². The van der Waals surface area contributed by atoms with E-state index in [1.807, 2.05) is 24.3 Å². The number of imidazole rings is 1. The van der Waals surface area contributed by atoms with E-state index in [4.69, 9.17) is 10.5 Å². The molecule has 0 aliphatic heterocycles. The summed E-state index contributed by atoms with van der Waals surface area (Å²) < 4.78 is 7.43. The molecule has 0 amide bonds. The molecule has 4 heteroatoms. The lowest BCUT2D eigenvalue weighted by Gasteiger charge is -2.18. The highest BCUT2D eigenvalue weighted by Gasteiger charge is 2.18. The first-order valence-electron chi connectivity index (χ1n) is 6.99. The molecule has 0 aliphatic rings. The molecule has 0 aliphatic carbocycles. The normalized spacial score (nSPS) is 12.5. The van der Waals surface area contributed by atoms with Crippen LogP contribution >= 0.6 is 0 Å². The van der Waals surface area contributed by atoms with Crippen molar-refractivity contribution in [2.45, 2.75) is 19.9 Å². The lowest BCUT2D eigenvalue weighted by molar-refractivity contribution is 0.419. The standard InChI is InChI=1S/C17H19N3O/c1-11-7-4-5-8-13(11)12(2)20-14-9-6-10-15(21-3)16(14)19-17(20)18/h4-10,12H,1-3H3,(H2,18,19). The fourth-order valence-electron chi connectivity index (χ4n) is 2.88. The monoisotopic (exact) mass is 281 g/mol. The van der Waals surface area contributed by atoms with Crippen LogP contribution in [0.5, 0.6) is 5.75 Å². The number of hydrogen-bond acceptors (Lipinski definition) is 3. The van der Waals surface area contributed by atoms with Gasteiger partial charge >= 0.3 is 0 Å². The number of para-hydroxylation sites is 1. The Morgan fingerprint density at radius 1 is 1.14 bits per heavy atom. The van der Waals surface area contributed by atoms with Crippen LogP contribution in [0, 0.1) is 6.92 Å². The van der Waals surface area contributed by atoms with Gasteiger partial charge in [-0.3, -0.25) is 0 Å². The van der Waals surface area contributed by atoms with Crippen LogP contribution in [0.25, 0.3) is 11.0 Å². The minimum absolute atomic E-state index is 0.114. The molecule has 2 aromatic carbocycles. The Bertz CT molecular complexity index is 792. The van der Waals surface area contributed by atoms with Gasteiger partial charge in [-0.05, 0) is 37.1 Å². The van der Waals surface area contributed by atoms with E-state index >= 15 is 0 Å². The summed E-state index contributed by atoms with van der Waals surface area (Å²) in [4.78, 5) is 4.48. The number of ether oxygens (including phenoxy) is 1. The van der Waals surface area contributed by atoms with E-state index < -0.39 is 0 Å². The maximum Gasteiger partial charge on any atom is 0.201 e. The van der Waals surface area contributed by atoms with Gasteiger partial charge in [0, 0.05) is 0 Å². The minimum atomic E-state index is 0.114. The van der Waals surface area contributed by atoms with Crippen LogP contribution < -0.4 is 10.5 Å². The van der Waals surface area contributed by atoms with E-state index in [0.717, 1.165) is 16.8 Å². The van der Waals surface area contributed by atoms with Gasteiger partial charge in [0.25, 0.3) is 0 Å². The van der Waals surface area contributed by atoms with Crippen LogP contribution in [0.2, 0.25) is 0 Å². The summed E-state index contributed by atoms with van der Waals surface area (Å²) in [6.07, 6.45) is 0. The van der Waals surface area contributed by atoms with Gasteiger partial charge in [0.1, 0.15) is 11.3 Å². The SMILES string of the molecule is COc1cccc2c1nc(N)n2C(C)c1ccccc1C. The first-order chi connectivity index (χ1) is 10.1. The quantitative estimate of drug-likeness (QED) is 0.798. The highest BCUT2D eigenvalue weighted by atomic mass is 16.5. The smallest absolute Gasteiger partial charge is 0.201 e. The number of hydrogen-bond donors (Lipinski definition) is 1. The summed E-state index contributed by atoms with van der Waals surface area (Å²) in [6, 6.07) is 14.3. The van der Waals surface area contributed by atoms with Crippen LogP contribution in [-0.4, -0.2) is 16.7 Å². The van der Waals surface area contributed by atoms with Crippen molar-refractivity contribution in [3.63, 3.8) is 0 Å². The summed E-state index contributed by atoms with van der Waals surface area (Å²) in [6.45, 7) is 4.25. The summed E-state index contributed by atoms with van der Waals surface area (Å²) >= 11 is 0. The summed E-state index contributed by atoms with van der Waals surface area (Å²) in [5.41, 5.74) is 10.4. The second-order valence-corrected chi connectivity index (χ2v) is 5.20. The molecule has 3 aromatic rings. The van der Waals surface area contributed by atoms with Crippen LogP contribution in [-0.2, 0) is 0 Å². The van der Waals surface area contributed by atoms with Crippen molar-refractivity contribution in [1.82, 2.24) is 9.55 Å². The summed E-state index contributed by atoms with van der Waals surface area (Å²) in [5.74, 6) is 1.25. The topological polar surface area (TPSA) is 53.1 Å². The largest absolute Gasteiger partial charge is 0.494 e. The van der Waals surface area contributed by atoms with Gasteiger partial charge in [0.05, 0.1) is 18.7 Å². The van der Waals surface area contributed by atoms with Gasteiger partial charge in [0.15, 0.2) is 0 Å². The molecule has 0 radical (unpaired) electrons. The maximum atomic E-state index is 6.16. The van der Waals surface area contributed by atoms with Crippen molar-refractivity contribution >= 4 is 17.0 Å². The van der Waals surface area contributed by atoms with E-state index in [9.17, 15) is 0 Å². The molecule has 0 spiro atoms. The molecular weight excluding hydrogens is 262 g/mol. The van der Waals surface area contributed by atoms with E-state index in [1.54, 1.807) is 7.11 Å². The van der Waals surface area contributed by atoms with E-state index in [-0.39, 0.29) is 6.04 Å². The van der Waals surface area contributed by atoms with Gasteiger partial charge in [-0.2, -0.15) is 0 Å². The Morgan fingerprint density at radius 2 is 1.90 bits per heavy atom. The summed E-state index contributed by atoms with van der Waals surface area (Å²) in [7, 11) is 1.65. The number of aromatic nitrogens is 2. The number of benzene rings is 2. The fraction of sp³-hybridized carbons (Fsp3) is 0.235. The van der Waals surface area contributed by atoms with Gasteiger partial charge in [-0.1, -0.05) is 30.3 Å². The lowest BCUT2D eigenvalue weighted by atomic mass is 10.0. The third-order valence-electron chi connectivity index (χ3n) is 3.96. The molecule has 0 bridgehead atoms. The Hall–Kier alpha value is -2.49. The van der Waals surface area contributed by atoms with Crippen LogP contribution in [0.4, 0.5) is 5.95 Å². The average Bonchev–Trinajstić information content (AvgIpc) is 2.82. The van der Waals surface area contributed by atoms with Crippen LogP contribution in [0.1, 0.15) is 24.1 Å². The van der Waals surface area contributed by atoms with E-state index in [0.29, 0.717) is 5.95 Å².